The number of nitrogens with zero attached hydrogens (tertiary/aromatic N) is 1. The quantitative estimate of drug-likeness (QED) is 0.525. The van der Waals surface area contributed by atoms with E-state index in [4.69, 9.17) is 5.26 Å². The van der Waals surface area contributed by atoms with Gasteiger partial charge < -0.3 is 0 Å². The smallest absolute Gasteiger partial charge is 0.192 e. The van der Waals surface area contributed by atoms with Crippen molar-refractivity contribution in [2.24, 2.45) is 0 Å². The van der Waals surface area contributed by atoms with Gasteiger partial charge in [0.1, 0.15) is 0 Å². The van der Waals surface area contributed by atoms with Gasteiger partial charge in [0.25, 0.3) is 0 Å². The Hall–Kier alpha value is -2.49. The molecule has 1 nitrogen and oxygen atoms in total. The maximum Gasteiger partial charge on any atom is 0.416 e. The molecule has 0 N–H and O–H groups in total. The zero-order chi connectivity index (χ0) is 20.8. The summed E-state index contributed by atoms with van der Waals surface area (Å²) < 4.78 is 73.8. The van der Waals surface area contributed by atoms with Crippen LogP contribution in [0.2, 0.25) is 0 Å². The fraction of sp³-hybridized carbons (Fsp3) is 0.350. The highest BCUT2D eigenvalue weighted by Crippen LogP contribution is 2.36. The summed E-state index contributed by atoms with van der Waals surface area (Å²) in [5, 5.41) is 8.63. The minimum Gasteiger partial charge on any atom is -0.192 e. The molecule has 0 aliphatic rings. The van der Waals surface area contributed by atoms with Gasteiger partial charge >= 0.3 is 12.4 Å². The van der Waals surface area contributed by atoms with Crippen molar-refractivity contribution in [3.63, 3.8) is 0 Å². The van der Waals surface area contributed by atoms with Gasteiger partial charge in [-0.05, 0) is 66.8 Å². The number of nitriles is 1. The Labute approximate surface area is 154 Å². The molecule has 0 bridgehead atoms. The van der Waals surface area contributed by atoms with E-state index < -0.39 is 23.5 Å². The van der Waals surface area contributed by atoms with Gasteiger partial charge in [0.05, 0.1) is 22.8 Å². The second-order valence-electron chi connectivity index (χ2n) is 5.94. The van der Waals surface area contributed by atoms with Crippen molar-refractivity contribution in [2.75, 3.05) is 0 Å². The molecule has 2 aromatic rings. The summed E-state index contributed by atoms with van der Waals surface area (Å²) in [6.07, 6.45) is -8.40. The normalized spacial score (nSPS) is 11.4. The van der Waals surface area contributed by atoms with Gasteiger partial charge in [-0.15, -0.1) is 0 Å². The SMILES string of the molecule is CCc1cc(C(F)(F)F)cc(C(F)(F)F)c1.CCc1cc(C)cc(C#N)c1. The number of benzene rings is 2. The second-order valence-corrected chi connectivity index (χ2v) is 5.94. The molecule has 0 saturated heterocycles. The zero-order valence-corrected chi connectivity index (χ0v) is 15.1. The maximum absolute atomic E-state index is 12.3. The van der Waals surface area contributed by atoms with Gasteiger partial charge in [0.15, 0.2) is 0 Å². The van der Waals surface area contributed by atoms with Crippen LogP contribution in [0, 0.1) is 18.3 Å². The number of hydrogen-bond acceptors (Lipinski definition) is 1. The van der Waals surface area contributed by atoms with Gasteiger partial charge in [-0.3, -0.25) is 0 Å². The molecule has 0 heterocycles. The van der Waals surface area contributed by atoms with Crippen molar-refractivity contribution in [3.8, 4) is 6.07 Å². The third-order valence-electron chi connectivity index (χ3n) is 3.73. The van der Waals surface area contributed by atoms with E-state index in [0.717, 1.165) is 24.1 Å². The lowest BCUT2D eigenvalue weighted by Crippen LogP contribution is -2.11. The van der Waals surface area contributed by atoms with Crippen LogP contribution in [0.25, 0.3) is 0 Å². The van der Waals surface area contributed by atoms with E-state index in [2.05, 4.69) is 19.1 Å². The third-order valence-corrected chi connectivity index (χ3v) is 3.73. The van der Waals surface area contributed by atoms with Crippen molar-refractivity contribution in [1.82, 2.24) is 0 Å². The molecule has 0 aliphatic carbocycles. The van der Waals surface area contributed by atoms with E-state index >= 15 is 0 Å². The fourth-order valence-electron chi connectivity index (χ4n) is 2.35. The molecule has 7 heteroatoms. The average Bonchev–Trinajstić information content (AvgIpc) is 2.59. The molecule has 2 aromatic carbocycles. The summed E-state index contributed by atoms with van der Waals surface area (Å²) in [5.41, 5.74) is 0.657. The lowest BCUT2D eigenvalue weighted by Gasteiger charge is -2.13. The number of aryl methyl sites for hydroxylation is 3. The molecule has 0 amide bonds. The predicted octanol–water partition coefficient (Wildman–Crippen LogP) is 6.72. The van der Waals surface area contributed by atoms with Crippen LogP contribution in [0.15, 0.2) is 36.4 Å². The van der Waals surface area contributed by atoms with Gasteiger partial charge in [-0.2, -0.15) is 31.6 Å². The molecule has 27 heavy (non-hydrogen) atoms. The van der Waals surface area contributed by atoms with Crippen LogP contribution in [0.3, 0.4) is 0 Å². The summed E-state index contributed by atoms with van der Waals surface area (Å²) in [7, 11) is 0. The molecule has 0 unspecified atom stereocenters. The monoisotopic (exact) mass is 387 g/mol. The van der Waals surface area contributed by atoms with Gasteiger partial charge in [0, 0.05) is 0 Å². The highest BCUT2D eigenvalue weighted by molar-refractivity contribution is 5.37. The van der Waals surface area contributed by atoms with Crippen LogP contribution < -0.4 is 0 Å². The molecule has 0 fully saturated rings. The first-order valence-corrected chi connectivity index (χ1v) is 8.19. The zero-order valence-electron chi connectivity index (χ0n) is 15.1. The Morgan fingerprint density at radius 2 is 1.19 bits per heavy atom. The average molecular weight is 387 g/mol. The van der Waals surface area contributed by atoms with Crippen LogP contribution in [-0.4, -0.2) is 0 Å². The molecule has 0 atom stereocenters. The van der Waals surface area contributed by atoms with E-state index in [9.17, 15) is 26.3 Å². The Morgan fingerprint density at radius 1 is 0.741 bits per heavy atom. The molecular weight excluding hydrogens is 368 g/mol. The first-order valence-electron chi connectivity index (χ1n) is 8.19. The summed E-state index contributed by atoms with van der Waals surface area (Å²) in [6.45, 7) is 5.60. The standard InChI is InChI=1S/C10H8F6.C10H11N/c1-2-6-3-7(9(11,12)13)5-8(4-6)10(14,15)16;1-3-9-4-8(2)5-10(6-9)7-11/h3-5H,2H2,1H3;4-6H,3H2,1-2H3. The van der Waals surface area contributed by atoms with Crippen molar-refractivity contribution in [2.45, 2.75) is 46.0 Å². The van der Waals surface area contributed by atoms with Crippen molar-refractivity contribution >= 4 is 0 Å². The Bertz CT molecular complexity index is 780. The van der Waals surface area contributed by atoms with Crippen LogP contribution >= 0.6 is 0 Å². The molecule has 0 aliphatic heterocycles. The summed E-state index contributed by atoms with van der Waals surface area (Å²) in [4.78, 5) is 0. The lowest BCUT2D eigenvalue weighted by molar-refractivity contribution is -0.143. The maximum atomic E-state index is 12.3. The summed E-state index contributed by atoms with van der Waals surface area (Å²) in [6, 6.07) is 9.68. The Kier molecular flexibility index (Phi) is 7.46. The highest BCUT2D eigenvalue weighted by Gasteiger charge is 2.36. The summed E-state index contributed by atoms with van der Waals surface area (Å²) in [5.74, 6) is 0. The minimum atomic E-state index is -4.76. The number of hydrogen-bond donors (Lipinski definition) is 0. The predicted molar refractivity (Wildman–Crippen MR) is 91.1 cm³/mol. The van der Waals surface area contributed by atoms with Gasteiger partial charge in [0.2, 0.25) is 0 Å². The number of alkyl halides is 6. The van der Waals surface area contributed by atoms with E-state index in [-0.39, 0.29) is 18.1 Å². The Balaban J connectivity index is 0.000000289. The van der Waals surface area contributed by atoms with E-state index in [1.165, 1.54) is 18.1 Å². The first-order chi connectivity index (χ1) is 12.4. The highest BCUT2D eigenvalue weighted by atomic mass is 19.4. The van der Waals surface area contributed by atoms with Crippen molar-refractivity contribution in [1.29, 1.82) is 5.26 Å². The van der Waals surface area contributed by atoms with E-state index in [1.807, 2.05) is 19.1 Å². The van der Waals surface area contributed by atoms with E-state index in [1.54, 1.807) is 0 Å². The molecule has 146 valence electrons. The van der Waals surface area contributed by atoms with E-state index in [0.29, 0.717) is 0 Å². The van der Waals surface area contributed by atoms with Crippen LogP contribution in [-0.2, 0) is 25.2 Å². The van der Waals surface area contributed by atoms with Gasteiger partial charge in [-0.1, -0.05) is 19.9 Å². The second kappa shape index (κ2) is 8.94. The topological polar surface area (TPSA) is 23.8 Å². The molecule has 0 spiro atoms. The molecule has 0 radical (unpaired) electrons. The van der Waals surface area contributed by atoms with Crippen molar-refractivity contribution < 1.29 is 26.3 Å². The number of halogens is 6. The number of rotatable bonds is 2. The molecule has 2 rings (SSSR count). The molecule has 0 aromatic heterocycles. The fourth-order valence-corrected chi connectivity index (χ4v) is 2.35. The largest absolute Gasteiger partial charge is 0.416 e. The molecular formula is C20H19F6N. The lowest BCUT2D eigenvalue weighted by atomic mass is 10.0. The van der Waals surface area contributed by atoms with Crippen LogP contribution in [0.1, 0.15) is 47.2 Å². The van der Waals surface area contributed by atoms with Gasteiger partial charge in [-0.25, -0.2) is 0 Å². The minimum absolute atomic E-state index is 0.0159. The molecule has 0 saturated carbocycles. The van der Waals surface area contributed by atoms with Crippen molar-refractivity contribution in [3.05, 3.63) is 69.8 Å². The third kappa shape index (κ3) is 6.97. The Morgan fingerprint density at radius 3 is 1.56 bits per heavy atom. The van der Waals surface area contributed by atoms with Crippen LogP contribution in [0.4, 0.5) is 26.3 Å². The van der Waals surface area contributed by atoms with Crippen LogP contribution in [0.5, 0.6) is 0 Å². The summed E-state index contributed by atoms with van der Waals surface area (Å²) >= 11 is 0. The first kappa shape index (κ1) is 22.6.